The van der Waals surface area contributed by atoms with E-state index in [1.807, 2.05) is 36.4 Å². The molecule has 2 aromatic heterocycles. The van der Waals surface area contributed by atoms with Crippen LogP contribution in [0.25, 0.3) is 22.2 Å². The zero-order chi connectivity index (χ0) is 21.2. The van der Waals surface area contributed by atoms with Gasteiger partial charge in [0.25, 0.3) is 5.91 Å². The lowest BCUT2D eigenvalue weighted by Crippen LogP contribution is -2.14. The minimum atomic E-state index is -0.219. The van der Waals surface area contributed by atoms with Crippen LogP contribution in [0.3, 0.4) is 0 Å². The van der Waals surface area contributed by atoms with Crippen molar-refractivity contribution < 1.29 is 9.59 Å². The van der Waals surface area contributed by atoms with Crippen molar-refractivity contribution in [2.75, 3.05) is 10.6 Å². The van der Waals surface area contributed by atoms with Crippen LogP contribution in [0.1, 0.15) is 23.2 Å². The second kappa shape index (κ2) is 7.99. The maximum Gasteiger partial charge on any atom is 0.256 e. The second-order valence-electron chi connectivity index (χ2n) is 7.60. The molecule has 4 aromatic rings. The Hall–Kier alpha value is -4.06. The van der Waals surface area contributed by atoms with E-state index in [-0.39, 0.29) is 17.7 Å². The highest BCUT2D eigenvalue weighted by Gasteiger charge is 2.29. The zero-order valence-electron chi connectivity index (χ0n) is 16.7. The number of hydrogen-bond acceptors (Lipinski definition) is 4. The van der Waals surface area contributed by atoms with Crippen molar-refractivity contribution in [1.29, 1.82) is 0 Å². The Morgan fingerprint density at radius 1 is 0.839 bits per heavy atom. The van der Waals surface area contributed by atoms with Crippen molar-refractivity contribution in [3.05, 3.63) is 84.7 Å². The third-order valence-electron chi connectivity index (χ3n) is 5.30. The number of amides is 2. The topological polar surface area (TPSA) is 84.0 Å². The van der Waals surface area contributed by atoms with Crippen LogP contribution in [0, 0.1) is 5.92 Å². The van der Waals surface area contributed by atoms with E-state index in [9.17, 15) is 9.59 Å². The first kappa shape index (κ1) is 18.9. The molecule has 0 spiro atoms. The van der Waals surface area contributed by atoms with Crippen molar-refractivity contribution in [1.82, 2.24) is 9.97 Å². The average Bonchev–Trinajstić information content (AvgIpc) is 3.66. The average molecular weight is 408 g/mol. The molecule has 1 fully saturated rings. The Labute approximate surface area is 179 Å². The molecular formula is C25H20N4O2. The lowest BCUT2D eigenvalue weighted by atomic mass is 10.0. The van der Waals surface area contributed by atoms with Crippen molar-refractivity contribution >= 4 is 34.1 Å². The number of pyridine rings is 2. The number of benzene rings is 2. The van der Waals surface area contributed by atoms with Gasteiger partial charge in [-0.1, -0.05) is 18.2 Å². The summed E-state index contributed by atoms with van der Waals surface area (Å²) in [5.74, 6) is -0.0127. The highest BCUT2D eigenvalue weighted by molar-refractivity contribution is 6.13. The van der Waals surface area contributed by atoms with Gasteiger partial charge < -0.3 is 10.6 Å². The van der Waals surface area contributed by atoms with E-state index >= 15 is 0 Å². The highest BCUT2D eigenvalue weighted by Crippen LogP contribution is 2.30. The number of carbonyl (C=O) groups is 2. The SMILES string of the molecule is O=C(Nc1ccc(NC(=O)C2CC2)cc1)c1cc(-c2ccncc2)nc2ccccc12. The van der Waals surface area contributed by atoms with Crippen LogP contribution in [-0.4, -0.2) is 21.8 Å². The van der Waals surface area contributed by atoms with Gasteiger partial charge in [0.15, 0.2) is 0 Å². The standard InChI is InChI=1S/C25H20N4O2/c30-24(17-5-6-17)27-18-7-9-19(10-8-18)28-25(31)21-15-23(16-11-13-26-14-12-16)29-22-4-2-1-3-20(21)22/h1-4,7-15,17H,5-6H2,(H,27,30)(H,28,31). The molecule has 0 radical (unpaired) electrons. The minimum absolute atomic E-state index is 0.0590. The first-order valence-corrected chi connectivity index (χ1v) is 10.2. The van der Waals surface area contributed by atoms with E-state index in [0.29, 0.717) is 16.9 Å². The van der Waals surface area contributed by atoms with Crippen LogP contribution in [0.4, 0.5) is 11.4 Å². The molecule has 1 aliphatic rings. The Morgan fingerprint density at radius 2 is 1.52 bits per heavy atom. The second-order valence-corrected chi connectivity index (χ2v) is 7.60. The normalized spacial score (nSPS) is 13.0. The van der Waals surface area contributed by atoms with Crippen LogP contribution >= 0.6 is 0 Å². The van der Waals surface area contributed by atoms with E-state index in [2.05, 4.69) is 15.6 Å². The summed E-state index contributed by atoms with van der Waals surface area (Å²) in [6.45, 7) is 0. The Balaban J connectivity index is 1.42. The van der Waals surface area contributed by atoms with Gasteiger partial charge in [-0.25, -0.2) is 4.98 Å². The van der Waals surface area contributed by atoms with E-state index in [1.165, 1.54) is 0 Å². The summed E-state index contributed by atoms with van der Waals surface area (Å²) in [4.78, 5) is 33.8. The Bertz CT molecular complexity index is 1270. The molecule has 0 saturated heterocycles. The fourth-order valence-corrected chi connectivity index (χ4v) is 3.46. The molecule has 2 heterocycles. The van der Waals surface area contributed by atoms with Gasteiger partial charge in [0.1, 0.15) is 0 Å². The summed E-state index contributed by atoms with van der Waals surface area (Å²) in [7, 11) is 0. The van der Waals surface area contributed by atoms with Crippen LogP contribution in [-0.2, 0) is 4.79 Å². The number of nitrogens with one attached hydrogen (secondary N) is 2. The van der Waals surface area contributed by atoms with E-state index in [4.69, 9.17) is 4.98 Å². The van der Waals surface area contributed by atoms with Gasteiger partial charge in [-0.3, -0.25) is 14.6 Å². The number of para-hydroxylation sites is 1. The molecule has 2 aromatic carbocycles. The molecular weight excluding hydrogens is 388 g/mol. The van der Waals surface area contributed by atoms with Gasteiger partial charge in [-0.05, 0) is 61.4 Å². The summed E-state index contributed by atoms with van der Waals surface area (Å²) >= 11 is 0. The predicted octanol–water partition coefficient (Wildman–Crippen LogP) is 4.90. The molecule has 6 nitrogen and oxygen atoms in total. The number of aromatic nitrogens is 2. The quantitative estimate of drug-likeness (QED) is 0.492. The molecule has 1 aliphatic carbocycles. The molecule has 0 bridgehead atoms. The van der Waals surface area contributed by atoms with Gasteiger partial charge in [0, 0.05) is 40.6 Å². The Kier molecular flexibility index (Phi) is 4.88. The maximum atomic E-state index is 13.2. The van der Waals surface area contributed by atoms with Crippen LogP contribution < -0.4 is 10.6 Å². The summed E-state index contributed by atoms with van der Waals surface area (Å²) in [6, 6.07) is 20.3. The lowest BCUT2D eigenvalue weighted by molar-refractivity contribution is -0.117. The van der Waals surface area contributed by atoms with E-state index < -0.39 is 0 Å². The van der Waals surface area contributed by atoms with Crippen molar-refractivity contribution in [2.45, 2.75) is 12.8 Å². The highest BCUT2D eigenvalue weighted by atomic mass is 16.2. The third kappa shape index (κ3) is 4.14. The van der Waals surface area contributed by atoms with Gasteiger partial charge in [-0.15, -0.1) is 0 Å². The molecule has 5 rings (SSSR count). The van der Waals surface area contributed by atoms with Gasteiger partial charge >= 0.3 is 0 Å². The first-order chi connectivity index (χ1) is 15.2. The maximum absolute atomic E-state index is 13.2. The molecule has 1 saturated carbocycles. The smallest absolute Gasteiger partial charge is 0.256 e. The number of fused-ring (bicyclic) bond motifs is 1. The zero-order valence-corrected chi connectivity index (χ0v) is 16.7. The largest absolute Gasteiger partial charge is 0.326 e. The fourth-order valence-electron chi connectivity index (χ4n) is 3.46. The van der Waals surface area contributed by atoms with Crippen LogP contribution in [0.5, 0.6) is 0 Å². The lowest BCUT2D eigenvalue weighted by Gasteiger charge is -2.11. The summed E-state index contributed by atoms with van der Waals surface area (Å²) in [5, 5.41) is 6.64. The first-order valence-electron chi connectivity index (χ1n) is 10.2. The summed E-state index contributed by atoms with van der Waals surface area (Å²) in [5.41, 5.74) is 4.28. The predicted molar refractivity (Wildman–Crippen MR) is 121 cm³/mol. The number of anilines is 2. The van der Waals surface area contributed by atoms with Crippen LogP contribution in [0.2, 0.25) is 0 Å². The van der Waals surface area contributed by atoms with Crippen LogP contribution in [0.15, 0.2) is 79.1 Å². The molecule has 6 heteroatoms. The summed E-state index contributed by atoms with van der Waals surface area (Å²) in [6.07, 6.45) is 5.33. The van der Waals surface area contributed by atoms with E-state index in [1.54, 1.807) is 42.7 Å². The summed E-state index contributed by atoms with van der Waals surface area (Å²) < 4.78 is 0. The minimum Gasteiger partial charge on any atom is -0.326 e. The molecule has 2 amide bonds. The van der Waals surface area contributed by atoms with Crippen molar-refractivity contribution in [2.24, 2.45) is 5.92 Å². The number of rotatable bonds is 5. The van der Waals surface area contributed by atoms with Crippen molar-refractivity contribution in [3.63, 3.8) is 0 Å². The molecule has 0 unspecified atom stereocenters. The molecule has 0 aliphatic heterocycles. The van der Waals surface area contributed by atoms with E-state index in [0.717, 1.165) is 35.0 Å². The molecule has 0 atom stereocenters. The van der Waals surface area contributed by atoms with Crippen molar-refractivity contribution in [3.8, 4) is 11.3 Å². The number of hydrogen-bond donors (Lipinski definition) is 2. The molecule has 2 N–H and O–H groups in total. The fraction of sp³-hybridized carbons (Fsp3) is 0.120. The van der Waals surface area contributed by atoms with Gasteiger partial charge in [0.2, 0.25) is 5.91 Å². The van der Waals surface area contributed by atoms with Gasteiger partial charge in [-0.2, -0.15) is 0 Å². The monoisotopic (exact) mass is 408 g/mol. The number of nitrogens with zero attached hydrogens (tertiary/aromatic N) is 2. The number of carbonyl (C=O) groups excluding carboxylic acids is 2. The Morgan fingerprint density at radius 3 is 2.23 bits per heavy atom. The molecule has 31 heavy (non-hydrogen) atoms. The van der Waals surface area contributed by atoms with Gasteiger partial charge in [0.05, 0.1) is 16.8 Å². The third-order valence-corrected chi connectivity index (χ3v) is 5.30. The molecule has 152 valence electrons.